The van der Waals surface area contributed by atoms with Gasteiger partial charge in [0.1, 0.15) is 32.7 Å². The van der Waals surface area contributed by atoms with Crippen LogP contribution in [-0.4, -0.2) is 50.7 Å². The minimum absolute atomic E-state index is 1.14. The summed E-state index contributed by atoms with van der Waals surface area (Å²) in [6.45, 7) is 8.70. The molecule has 0 spiro atoms. The zero-order chi connectivity index (χ0) is 19.9. The molecular formula is C14H24N2O8S2-2. The van der Waals surface area contributed by atoms with Gasteiger partial charge in [-0.2, -0.15) is 0 Å². The second-order valence-electron chi connectivity index (χ2n) is 5.60. The molecule has 1 fully saturated rings. The third-order valence-electron chi connectivity index (χ3n) is 3.81. The quantitative estimate of drug-likeness (QED) is 0.278. The molecule has 2 unspecified atom stereocenters. The van der Waals surface area contributed by atoms with Gasteiger partial charge in [-0.25, -0.2) is 8.42 Å². The van der Waals surface area contributed by atoms with E-state index in [1.165, 1.54) is 43.9 Å². The Morgan fingerprint density at radius 1 is 0.923 bits per heavy atom. The van der Waals surface area contributed by atoms with Crippen molar-refractivity contribution < 1.29 is 46.5 Å². The number of hydrogen-bond donors (Lipinski definition) is 2. The van der Waals surface area contributed by atoms with Gasteiger partial charge in [0.25, 0.3) is 0 Å². The predicted molar refractivity (Wildman–Crippen MR) is 86.9 cm³/mol. The molecule has 2 atom stereocenters. The van der Waals surface area contributed by atoms with Crippen LogP contribution in [-0.2, 0) is 44.4 Å². The Morgan fingerprint density at radius 2 is 1.31 bits per heavy atom. The lowest BCUT2D eigenvalue weighted by molar-refractivity contribution is -1.01. The summed E-state index contributed by atoms with van der Waals surface area (Å²) in [5, 5.41) is 17.0. The fraction of sp³-hybridized carbons (Fsp3) is 0.571. The first-order valence-corrected chi connectivity index (χ1v) is 9.84. The monoisotopic (exact) mass is 412 g/mol. The van der Waals surface area contributed by atoms with E-state index >= 15 is 0 Å². The topological polar surface area (TPSA) is 154 Å². The second kappa shape index (κ2) is 15.3. The number of likely N-dealkylation sites (N-methyl/N-ethyl adjacent to an activating group) is 1. The largest absolute Gasteiger partial charge is 0.750 e. The molecule has 0 aromatic heterocycles. The van der Waals surface area contributed by atoms with Crippen molar-refractivity contribution in [1.29, 1.82) is 0 Å². The number of nitrogens with one attached hydrogen (secondary N) is 2. The Balaban J connectivity index is 0.000000520. The van der Waals surface area contributed by atoms with E-state index < -0.39 is 22.7 Å². The van der Waals surface area contributed by atoms with Crippen LogP contribution in [0.5, 0.6) is 0 Å². The summed E-state index contributed by atoms with van der Waals surface area (Å²) in [6.07, 6.45) is 1.14. The molecule has 0 bridgehead atoms. The smallest absolute Gasteiger partial charge is 0.127 e. The van der Waals surface area contributed by atoms with E-state index in [0.29, 0.717) is 0 Å². The molecule has 10 nitrogen and oxygen atoms in total. The van der Waals surface area contributed by atoms with Crippen molar-refractivity contribution in [3.63, 3.8) is 0 Å². The van der Waals surface area contributed by atoms with Gasteiger partial charge in [0.05, 0.1) is 29.8 Å². The van der Waals surface area contributed by atoms with Crippen molar-refractivity contribution in [2.75, 3.05) is 33.2 Å². The van der Waals surface area contributed by atoms with Crippen molar-refractivity contribution in [2.45, 2.75) is 19.9 Å². The van der Waals surface area contributed by atoms with Crippen LogP contribution in [0.15, 0.2) is 24.3 Å². The highest BCUT2D eigenvalue weighted by atomic mass is 32.2. The second-order valence-corrected chi connectivity index (χ2v) is 6.69. The number of aryl methyl sites for hydroxylation is 1. The summed E-state index contributed by atoms with van der Waals surface area (Å²) in [7, 11) is 2.30. The molecule has 2 N–H and O–H groups in total. The Hall–Kier alpha value is -0.800. The number of piperazine rings is 1. The van der Waals surface area contributed by atoms with Crippen LogP contribution in [0.2, 0.25) is 0 Å². The average molecular weight is 412 g/mol. The average Bonchev–Trinajstić information content (AvgIpc) is 2.65. The molecule has 12 heteroatoms. The van der Waals surface area contributed by atoms with E-state index in [4.69, 9.17) is 28.0 Å². The zero-order valence-electron chi connectivity index (χ0n) is 14.6. The first-order chi connectivity index (χ1) is 12.3. The standard InChI is InChI=1S/C14H22N2.2H2O4S/c1-3-13-4-6-14(7-5-13)12-16-10-8-15(2)9-11-16;2*1-4-5(2)3/h4-7H,3,8-12H2,1-2H3;2*1H,(H,2,3)/p-2. The fourth-order valence-electron chi connectivity index (χ4n) is 2.39. The van der Waals surface area contributed by atoms with E-state index in [9.17, 15) is 0 Å². The van der Waals surface area contributed by atoms with Crippen LogP contribution in [0, 0.1) is 0 Å². The lowest BCUT2D eigenvalue weighted by atomic mass is 10.1. The molecule has 1 heterocycles. The number of benzene rings is 1. The maximum Gasteiger partial charge on any atom is 0.127 e. The molecule has 0 aliphatic carbocycles. The van der Waals surface area contributed by atoms with Gasteiger partial charge in [-0.05, 0) is 12.0 Å². The number of rotatable bonds is 5. The highest BCUT2D eigenvalue weighted by molar-refractivity contribution is 7.74. The number of hydrogen-bond acceptors (Lipinski definition) is 8. The first kappa shape index (κ1) is 25.2. The van der Waals surface area contributed by atoms with Crippen molar-refractivity contribution in [3.8, 4) is 0 Å². The summed E-state index contributed by atoms with van der Waals surface area (Å²) in [5.74, 6) is 0. The first-order valence-electron chi connectivity index (χ1n) is 7.84. The van der Waals surface area contributed by atoms with Crippen molar-refractivity contribution in [3.05, 3.63) is 35.4 Å². The Bertz CT molecular complexity index is 510. The van der Waals surface area contributed by atoms with Gasteiger partial charge < -0.3 is 38.1 Å². The molecule has 1 saturated heterocycles. The molecule has 26 heavy (non-hydrogen) atoms. The van der Waals surface area contributed by atoms with Crippen LogP contribution < -0.4 is 20.3 Å². The van der Waals surface area contributed by atoms with Crippen LogP contribution in [0.3, 0.4) is 0 Å². The molecular weight excluding hydrogens is 388 g/mol. The SMILES string of the molecule is CCc1ccc(C[NH+]2CC[NH+](C)CC2)cc1.O=S([O-])O[O-].O=S([O-])O[O-]. The Morgan fingerprint density at radius 3 is 1.65 bits per heavy atom. The molecule has 2 rings (SSSR count). The molecule has 0 saturated carbocycles. The van der Waals surface area contributed by atoms with Crippen molar-refractivity contribution in [2.24, 2.45) is 0 Å². The van der Waals surface area contributed by atoms with Crippen molar-refractivity contribution >= 4 is 22.7 Å². The van der Waals surface area contributed by atoms with Crippen LogP contribution >= 0.6 is 0 Å². The van der Waals surface area contributed by atoms with E-state index in [0.717, 1.165) is 6.42 Å². The highest BCUT2D eigenvalue weighted by Gasteiger charge is 2.19. The third kappa shape index (κ3) is 13.4. The van der Waals surface area contributed by atoms with E-state index in [-0.39, 0.29) is 0 Å². The van der Waals surface area contributed by atoms with Gasteiger partial charge in [-0.1, -0.05) is 31.2 Å². The van der Waals surface area contributed by atoms with E-state index in [1.54, 1.807) is 9.80 Å². The van der Waals surface area contributed by atoms with Gasteiger partial charge in [-0.3, -0.25) is 0 Å². The molecule has 1 aromatic rings. The summed E-state index contributed by atoms with van der Waals surface area (Å²) in [6, 6.07) is 9.15. The number of quaternary nitrogens is 2. The van der Waals surface area contributed by atoms with E-state index in [1.807, 2.05) is 0 Å². The predicted octanol–water partition coefficient (Wildman–Crippen LogP) is -4.69. The Labute approximate surface area is 158 Å². The van der Waals surface area contributed by atoms with Crippen LogP contribution in [0.4, 0.5) is 0 Å². The Kier molecular flexibility index (Phi) is 14.8. The van der Waals surface area contributed by atoms with Gasteiger partial charge in [0, 0.05) is 5.56 Å². The maximum absolute atomic E-state index is 8.83. The minimum atomic E-state index is -2.88. The van der Waals surface area contributed by atoms with Crippen molar-refractivity contribution in [1.82, 2.24) is 0 Å². The molecule has 1 aliphatic heterocycles. The van der Waals surface area contributed by atoms with Gasteiger partial charge in [0.15, 0.2) is 0 Å². The summed E-state index contributed by atoms with van der Waals surface area (Å²) in [4.78, 5) is 3.43. The summed E-state index contributed by atoms with van der Waals surface area (Å²) < 4.78 is 40.2. The maximum atomic E-state index is 8.83. The molecule has 1 aliphatic rings. The van der Waals surface area contributed by atoms with Gasteiger partial charge >= 0.3 is 0 Å². The molecule has 0 radical (unpaired) electrons. The lowest BCUT2D eigenvalue weighted by Gasteiger charge is -2.27. The van der Waals surface area contributed by atoms with E-state index in [2.05, 4.69) is 46.9 Å². The summed E-state index contributed by atoms with van der Waals surface area (Å²) >= 11 is -5.76. The molecule has 152 valence electrons. The summed E-state index contributed by atoms with van der Waals surface area (Å²) in [5.41, 5.74) is 2.94. The highest BCUT2D eigenvalue weighted by Crippen LogP contribution is 2.03. The van der Waals surface area contributed by atoms with Crippen LogP contribution in [0.25, 0.3) is 0 Å². The normalized spacial score (nSPS) is 21.5. The van der Waals surface area contributed by atoms with Gasteiger partial charge in [0.2, 0.25) is 0 Å². The van der Waals surface area contributed by atoms with Crippen LogP contribution in [0.1, 0.15) is 18.1 Å². The fourth-order valence-corrected chi connectivity index (χ4v) is 2.39. The molecule has 1 aromatic carbocycles. The minimum Gasteiger partial charge on any atom is -0.750 e. The molecule has 0 amide bonds. The third-order valence-corrected chi connectivity index (χ3v) is 4.03. The lowest BCUT2D eigenvalue weighted by Crippen LogP contribution is -3.26. The zero-order valence-corrected chi connectivity index (χ0v) is 16.3. The van der Waals surface area contributed by atoms with Gasteiger partial charge in [-0.15, -0.1) is 0 Å².